The van der Waals surface area contributed by atoms with Gasteiger partial charge in [0.1, 0.15) is 0 Å². The van der Waals surface area contributed by atoms with E-state index in [2.05, 4.69) is 0 Å². The summed E-state index contributed by atoms with van der Waals surface area (Å²) in [6, 6.07) is 0.736. The van der Waals surface area contributed by atoms with Crippen LogP contribution in [0.4, 0.5) is 30.2 Å². The number of benzene rings is 1. The van der Waals surface area contributed by atoms with Crippen LogP contribution in [0, 0.1) is 20.2 Å². The van der Waals surface area contributed by atoms with Gasteiger partial charge in [-0.25, -0.2) is 0 Å². The van der Waals surface area contributed by atoms with Crippen LogP contribution in [0.2, 0.25) is 0 Å². The summed E-state index contributed by atoms with van der Waals surface area (Å²) in [4.78, 5) is 22.3. The van der Waals surface area contributed by atoms with E-state index in [0.717, 1.165) is 25.7 Å². The summed E-state index contributed by atoms with van der Waals surface area (Å²) in [6.07, 6.45) is 1.65. The van der Waals surface area contributed by atoms with E-state index in [0.29, 0.717) is 25.0 Å². The summed E-state index contributed by atoms with van der Waals surface area (Å²) in [5, 5.41) is 22.8. The smallest absolute Gasteiger partial charge is 0.375 e. The number of ether oxygens (including phenoxy) is 1. The first-order valence-electron chi connectivity index (χ1n) is 9.61. The summed E-state index contributed by atoms with van der Waals surface area (Å²) in [7, 11) is 0. The Balaban J connectivity index is 1.82. The lowest BCUT2D eigenvalue weighted by atomic mass is 9.97. The molecule has 0 bridgehead atoms. The van der Waals surface area contributed by atoms with Gasteiger partial charge in [0.25, 0.3) is 11.4 Å². The molecule has 1 saturated carbocycles. The van der Waals surface area contributed by atoms with Gasteiger partial charge in [-0.2, -0.15) is 13.2 Å². The van der Waals surface area contributed by atoms with Crippen molar-refractivity contribution in [2.45, 2.75) is 63.3 Å². The van der Waals surface area contributed by atoms with Crippen molar-refractivity contribution in [3.05, 3.63) is 37.9 Å². The summed E-state index contributed by atoms with van der Waals surface area (Å²) >= 11 is 0. The van der Waals surface area contributed by atoms with E-state index in [1.807, 2.05) is 0 Å². The summed E-state index contributed by atoms with van der Waals surface area (Å²) in [5.41, 5.74) is -3.59. The number of alkyl halides is 3. The zero-order valence-corrected chi connectivity index (χ0v) is 15.7. The molecule has 2 aliphatic rings. The minimum absolute atomic E-state index is 0.0538. The molecular formula is C18H22F3N3O5. The molecule has 1 heterocycles. The molecule has 11 heteroatoms. The van der Waals surface area contributed by atoms with Crippen LogP contribution >= 0.6 is 0 Å². The Hall–Kier alpha value is -2.43. The highest BCUT2D eigenvalue weighted by atomic mass is 19.4. The lowest BCUT2D eigenvalue weighted by Gasteiger charge is -2.35. The van der Waals surface area contributed by atoms with E-state index in [1.54, 1.807) is 0 Å². The number of piperidine rings is 1. The second-order valence-corrected chi connectivity index (χ2v) is 7.46. The Morgan fingerprint density at radius 3 is 1.83 bits per heavy atom. The van der Waals surface area contributed by atoms with Crippen molar-refractivity contribution in [3.63, 3.8) is 0 Å². The van der Waals surface area contributed by atoms with Crippen LogP contribution in [-0.4, -0.2) is 35.1 Å². The van der Waals surface area contributed by atoms with E-state index >= 15 is 0 Å². The fourth-order valence-electron chi connectivity index (χ4n) is 4.06. The normalized spacial score (nSPS) is 19.3. The fourth-order valence-corrected chi connectivity index (χ4v) is 4.06. The van der Waals surface area contributed by atoms with Gasteiger partial charge in [-0.05, 0) is 25.7 Å². The summed E-state index contributed by atoms with van der Waals surface area (Å²) in [5.74, 6) is 0. The van der Waals surface area contributed by atoms with Crippen LogP contribution in [0.15, 0.2) is 12.1 Å². The Morgan fingerprint density at radius 2 is 1.38 bits per heavy atom. The first-order chi connectivity index (χ1) is 13.7. The lowest BCUT2D eigenvalue weighted by molar-refractivity contribution is -0.393. The molecular weight excluding hydrogens is 395 g/mol. The number of hydrogen-bond acceptors (Lipinski definition) is 6. The zero-order chi connectivity index (χ0) is 21.2. The number of nitrogens with zero attached hydrogens (tertiary/aromatic N) is 3. The number of rotatable bonds is 5. The second-order valence-electron chi connectivity index (χ2n) is 7.46. The van der Waals surface area contributed by atoms with Gasteiger partial charge < -0.3 is 9.64 Å². The molecule has 0 unspecified atom stereocenters. The van der Waals surface area contributed by atoms with Crippen molar-refractivity contribution >= 4 is 17.1 Å². The van der Waals surface area contributed by atoms with Gasteiger partial charge >= 0.3 is 6.18 Å². The molecule has 1 aromatic carbocycles. The number of halogens is 3. The molecule has 0 radical (unpaired) electrons. The molecule has 8 nitrogen and oxygen atoms in total. The maximum Gasteiger partial charge on any atom is 0.416 e. The minimum atomic E-state index is -4.92. The Bertz CT molecular complexity index is 737. The highest BCUT2D eigenvalue weighted by molar-refractivity contribution is 5.76. The predicted molar refractivity (Wildman–Crippen MR) is 97.9 cm³/mol. The highest BCUT2D eigenvalue weighted by Crippen LogP contribution is 2.44. The molecule has 1 aromatic rings. The standard InChI is InChI=1S/C18H22F3N3O5/c19-18(20,21)12-10-15(23(25)26)17(16(11-12)24(27)28)22-8-6-14(7-9-22)29-13-4-2-1-3-5-13/h10-11,13-14H,1-9H2. The molecule has 1 aliphatic heterocycles. The highest BCUT2D eigenvalue weighted by Gasteiger charge is 2.40. The van der Waals surface area contributed by atoms with Crippen LogP contribution in [0.3, 0.4) is 0 Å². The average Bonchev–Trinajstić information content (AvgIpc) is 2.67. The maximum atomic E-state index is 13.0. The maximum absolute atomic E-state index is 13.0. The first-order valence-corrected chi connectivity index (χ1v) is 9.61. The SMILES string of the molecule is O=[N+]([O-])c1cc(C(F)(F)F)cc([N+](=O)[O-])c1N1CCC(OC2CCCCC2)CC1. The topological polar surface area (TPSA) is 98.8 Å². The second kappa shape index (κ2) is 8.52. The Kier molecular flexibility index (Phi) is 6.25. The van der Waals surface area contributed by atoms with Gasteiger partial charge in [-0.3, -0.25) is 20.2 Å². The van der Waals surface area contributed by atoms with Crippen molar-refractivity contribution in [1.29, 1.82) is 0 Å². The van der Waals surface area contributed by atoms with Gasteiger partial charge in [0.2, 0.25) is 0 Å². The van der Waals surface area contributed by atoms with Gasteiger partial charge in [0, 0.05) is 25.2 Å². The van der Waals surface area contributed by atoms with Crippen LogP contribution in [0.5, 0.6) is 0 Å². The molecule has 0 spiro atoms. The van der Waals surface area contributed by atoms with Crippen molar-refractivity contribution in [2.75, 3.05) is 18.0 Å². The van der Waals surface area contributed by atoms with Gasteiger partial charge in [-0.15, -0.1) is 0 Å². The molecule has 2 fully saturated rings. The summed E-state index contributed by atoms with van der Waals surface area (Å²) < 4.78 is 45.2. The van der Waals surface area contributed by atoms with E-state index < -0.39 is 33.0 Å². The van der Waals surface area contributed by atoms with Crippen LogP contribution in [0.1, 0.15) is 50.5 Å². The van der Waals surface area contributed by atoms with Crippen molar-refractivity contribution < 1.29 is 27.8 Å². The molecule has 0 N–H and O–H groups in total. The lowest BCUT2D eigenvalue weighted by Crippen LogP contribution is -2.39. The van der Waals surface area contributed by atoms with E-state index in [4.69, 9.17) is 4.74 Å². The molecule has 29 heavy (non-hydrogen) atoms. The van der Waals surface area contributed by atoms with Crippen LogP contribution in [-0.2, 0) is 10.9 Å². The van der Waals surface area contributed by atoms with Crippen molar-refractivity contribution in [1.82, 2.24) is 0 Å². The van der Waals surface area contributed by atoms with E-state index in [-0.39, 0.29) is 31.0 Å². The first kappa shape index (κ1) is 21.3. The Labute approximate surface area is 164 Å². The van der Waals surface area contributed by atoms with Crippen LogP contribution < -0.4 is 4.90 Å². The minimum Gasteiger partial charge on any atom is -0.375 e. The van der Waals surface area contributed by atoms with E-state index in [9.17, 15) is 33.4 Å². The third-order valence-electron chi connectivity index (χ3n) is 5.49. The van der Waals surface area contributed by atoms with Crippen molar-refractivity contribution in [3.8, 4) is 0 Å². The number of nitro benzene ring substituents is 2. The van der Waals surface area contributed by atoms with E-state index in [1.165, 1.54) is 11.3 Å². The molecule has 0 amide bonds. The third kappa shape index (κ3) is 4.95. The third-order valence-corrected chi connectivity index (χ3v) is 5.49. The quantitative estimate of drug-likeness (QED) is 0.502. The molecule has 1 aliphatic carbocycles. The van der Waals surface area contributed by atoms with Gasteiger partial charge in [0.05, 0.1) is 27.6 Å². The van der Waals surface area contributed by atoms with Crippen LogP contribution in [0.25, 0.3) is 0 Å². The summed E-state index contributed by atoms with van der Waals surface area (Å²) in [6.45, 7) is 0.481. The molecule has 0 aromatic heterocycles. The van der Waals surface area contributed by atoms with Crippen molar-refractivity contribution in [2.24, 2.45) is 0 Å². The molecule has 1 saturated heterocycles. The monoisotopic (exact) mass is 417 g/mol. The average molecular weight is 417 g/mol. The fraction of sp³-hybridized carbons (Fsp3) is 0.667. The largest absolute Gasteiger partial charge is 0.416 e. The Morgan fingerprint density at radius 1 is 0.897 bits per heavy atom. The van der Waals surface area contributed by atoms with Gasteiger partial charge in [0.15, 0.2) is 5.69 Å². The number of anilines is 1. The predicted octanol–water partition coefficient (Wildman–Crippen LogP) is 4.84. The number of nitro groups is 2. The molecule has 160 valence electrons. The molecule has 3 rings (SSSR count). The zero-order valence-electron chi connectivity index (χ0n) is 15.7. The number of hydrogen-bond donors (Lipinski definition) is 0. The van der Waals surface area contributed by atoms with Gasteiger partial charge in [-0.1, -0.05) is 19.3 Å². The molecule has 0 atom stereocenters.